The van der Waals surface area contributed by atoms with Crippen LogP contribution in [0, 0.1) is 0 Å². The van der Waals surface area contributed by atoms with E-state index in [1.807, 2.05) is 6.92 Å². The molecule has 0 radical (unpaired) electrons. The first-order valence-corrected chi connectivity index (χ1v) is 5.36. The van der Waals surface area contributed by atoms with Gasteiger partial charge in [0.25, 0.3) is 5.91 Å². The normalized spacial score (nSPS) is 37.4. The van der Waals surface area contributed by atoms with Crippen molar-refractivity contribution in [3.63, 3.8) is 0 Å². The van der Waals surface area contributed by atoms with Crippen molar-refractivity contribution in [1.29, 1.82) is 0 Å². The van der Waals surface area contributed by atoms with Gasteiger partial charge in [-0.2, -0.15) is 0 Å². The first-order valence-electron chi connectivity index (χ1n) is 5.36. The Morgan fingerprint density at radius 3 is 3.07 bits per heavy atom. The van der Waals surface area contributed by atoms with E-state index in [0.717, 1.165) is 32.4 Å². The van der Waals surface area contributed by atoms with E-state index in [1.54, 1.807) is 0 Å². The number of ether oxygens (including phenoxy) is 1. The predicted molar refractivity (Wildman–Crippen MR) is 53.0 cm³/mol. The molecule has 80 valence electrons. The molecule has 2 aliphatic heterocycles. The molecule has 4 nitrogen and oxygen atoms in total. The van der Waals surface area contributed by atoms with Gasteiger partial charge in [0.05, 0.1) is 0 Å². The van der Waals surface area contributed by atoms with Crippen LogP contribution in [0.2, 0.25) is 0 Å². The lowest BCUT2D eigenvalue weighted by Crippen LogP contribution is -2.48. The largest absolute Gasteiger partial charge is 0.365 e. The zero-order chi connectivity index (χ0) is 10.0. The highest BCUT2D eigenvalue weighted by molar-refractivity contribution is 5.85. The van der Waals surface area contributed by atoms with E-state index >= 15 is 0 Å². The number of carbonyl (C=O) groups excluding carboxylic acids is 1. The van der Waals surface area contributed by atoms with Crippen molar-refractivity contribution in [3.05, 3.63) is 0 Å². The van der Waals surface area contributed by atoms with Crippen LogP contribution in [-0.2, 0) is 9.53 Å². The summed E-state index contributed by atoms with van der Waals surface area (Å²) in [5.41, 5.74) is -0.567. The molecule has 2 aliphatic rings. The molecule has 0 aliphatic carbocycles. The Bertz CT molecular complexity index is 218. The van der Waals surface area contributed by atoms with Gasteiger partial charge in [-0.15, -0.1) is 0 Å². The van der Waals surface area contributed by atoms with Crippen LogP contribution in [0.25, 0.3) is 0 Å². The summed E-state index contributed by atoms with van der Waals surface area (Å²) in [6, 6.07) is 0.295. The number of amides is 1. The number of hydrogen-bond acceptors (Lipinski definition) is 3. The minimum atomic E-state index is -0.567. The molecular formula is C10H18N2O2. The van der Waals surface area contributed by atoms with Gasteiger partial charge in [-0.1, -0.05) is 0 Å². The maximum atomic E-state index is 11.9. The SMILES string of the molecule is CC1(C(=O)N[C@@H]2CCNC2)CCCO1. The van der Waals surface area contributed by atoms with Gasteiger partial charge < -0.3 is 15.4 Å². The monoisotopic (exact) mass is 198 g/mol. The first-order chi connectivity index (χ1) is 6.71. The van der Waals surface area contributed by atoms with Crippen LogP contribution in [-0.4, -0.2) is 37.2 Å². The molecule has 0 aromatic carbocycles. The molecule has 2 fully saturated rings. The lowest BCUT2D eigenvalue weighted by atomic mass is 10.0. The number of nitrogens with one attached hydrogen (secondary N) is 2. The third-order valence-corrected chi connectivity index (χ3v) is 3.09. The van der Waals surface area contributed by atoms with Crippen molar-refractivity contribution in [2.24, 2.45) is 0 Å². The average molecular weight is 198 g/mol. The highest BCUT2D eigenvalue weighted by Gasteiger charge is 2.38. The molecular weight excluding hydrogens is 180 g/mol. The molecule has 1 amide bonds. The Kier molecular flexibility index (Phi) is 2.74. The van der Waals surface area contributed by atoms with Crippen molar-refractivity contribution in [2.45, 2.75) is 37.8 Å². The minimum absolute atomic E-state index is 0.0590. The zero-order valence-corrected chi connectivity index (χ0v) is 8.64. The smallest absolute Gasteiger partial charge is 0.252 e. The van der Waals surface area contributed by atoms with Gasteiger partial charge in [0.1, 0.15) is 5.60 Å². The number of rotatable bonds is 2. The number of carbonyl (C=O) groups is 1. The second-order valence-corrected chi connectivity index (χ2v) is 4.35. The number of hydrogen-bond donors (Lipinski definition) is 2. The summed E-state index contributed by atoms with van der Waals surface area (Å²) >= 11 is 0. The van der Waals surface area contributed by atoms with Crippen molar-refractivity contribution < 1.29 is 9.53 Å². The van der Waals surface area contributed by atoms with E-state index in [-0.39, 0.29) is 5.91 Å². The maximum absolute atomic E-state index is 11.9. The molecule has 0 spiro atoms. The van der Waals surface area contributed by atoms with Crippen LogP contribution in [0.1, 0.15) is 26.2 Å². The topological polar surface area (TPSA) is 50.4 Å². The van der Waals surface area contributed by atoms with E-state index in [4.69, 9.17) is 4.74 Å². The molecule has 0 bridgehead atoms. The Hall–Kier alpha value is -0.610. The second-order valence-electron chi connectivity index (χ2n) is 4.35. The average Bonchev–Trinajstić information content (AvgIpc) is 2.76. The van der Waals surface area contributed by atoms with Gasteiger partial charge in [0.15, 0.2) is 0 Å². The quantitative estimate of drug-likeness (QED) is 0.658. The van der Waals surface area contributed by atoms with Crippen LogP contribution >= 0.6 is 0 Å². The van der Waals surface area contributed by atoms with Gasteiger partial charge in [0, 0.05) is 19.2 Å². The maximum Gasteiger partial charge on any atom is 0.252 e. The zero-order valence-electron chi connectivity index (χ0n) is 8.64. The third-order valence-electron chi connectivity index (χ3n) is 3.09. The van der Waals surface area contributed by atoms with E-state index in [2.05, 4.69) is 10.6 Å². The van der Waals surface area contributed by atoms with Gasteiger partial charge >= 0.3 is 0 Å². The van der Waals surface area contributed by atoms with Crippen LogP contribution in [0.5, 0.6) is 0 Å². The Labute approximate surface area is 84.4 Å². The third kappa shape index (κ3) is 1.91. The summed E-state index contributed by atoms with van der Waals surface area (Å²) in [5, 5.41) is 6.26. The molecule has 2 N–H and O–H groups in total. The van der Waals surface area contributed by atoms with Gasteiger partial charge in [-0.3, -0.25) is 4.79 Å². The van der Waals surface area contributed by atoms with E-state index in [0.29, 0.717) is 12.6 Å². The molecule has 0 aromatic heterocycles. The standard InChI is InChI=1S/C10H18N2O2/c1-10(4-2-6-14-10)9(13)12-8-3-5-11-7-8/h8,11H,2-7H2,1H3,(H,12,13)/t8-,10?/m1/s1. The molecule has 2 saturated heterocycles. The highest BCUT2D eigenvalue weighted by atomic mass is 16.5. The minimum Gasteiger partial charge on any atom is -0.365 e. The molecule has 4 heteroatoms. The molecule has 14 heavy (non-hydrogen) atoms. The fourth-order valence-corrected chi connectivity index (χ4v) is 2.07. The molecule has 0 saturated carbocycles. The Morgan fingerprint density at radius 1 is 1.64 bits per heavy atom. The van der Waals surface area contributed by atoms with E-state index < -0.39 is 5.60 Å². The first kappa shape index (κ1) is 9.93. The van der Waals surface area contributed by atoms with Crippen molar-refractivity contribution in [1.82, 2.24) is 10.6 Å². The summed E-state index contributed by atoms with van der Waals surface area (Å²) in [5.74, 6) is 0.0590. The van der Waals surface area contributed by atoms with Crippen LogP contribution in [0.15, 0.2) is 0 Å². The molecule has 1 unspecified atom stereocenters. The van der Waals surface area contributed by atoms with Gasteiger partial charge in [-0.25, -0.2) is 0 Å². The lowest BCUT2D eigenvalue weighted by Gasteiger charge is -2.24. The van der Waals surface area contributed by atoms with Crippen molar-refractivity contribution in [3.8, 4) is 0 Å². The molecule has 2 heterocycles. The summed E-state index contributed by atoms with van der Waals surface area (Å²) in [6.07, 6.45) is 2.87. The summed E-state index contributed by atoms with van der Waals surface area (Å²) < 4.78 is 5.48. The lowest BCUT2D eigenvalue weighted by molar-refractivity contribution is -0.140. The predicted octanol–water partition coefficient (Wildman–Crippen LogP) is 0.0336. The fourth-order valence-electron chi connectivity index (χ4n) is 2.07. The van der Waals surface area contributed by atoms with Gasteiger partial charge in [-0.05, 0) is 32.7 Å². The molecule has 2 atom stereocenters. The summed E-state index contributed by atoms with van der Waals surface area (Å²) in [7, 11) is 0. The summed E-state index contributed by atoms with van der Waals surface area (Å²) in [4.78, 5) is 11.9. The van der Waals surface area contributed by atoms with E-state index in [9.17, 15) is 4.79 Å². The second kappa shape index (κ2) is 3.87. The van der Waals surface area contributed by atoms with Gasteiger partial charge in [0.2, 0.25) is 0 Å². The van der Waals surface area contributed by atoms with Crippen LogP contribution < -0.4 is 10.6 Å². The molecule has 0 aromatic rings. The Balaban J connectivity index is 1.87. The molecule has 2 rings (SSSR count). The summed E-state index contributed by atoms with van der Waals surface area (Å²) in [6.45, 7) is 4.49. The Morgan fingerprint density at radius 2 is 2.50 bits per heavy atom. The van der Waals surface area contributed by atoms with Crippen LogP contribution in [0.3, 0.4) is 0 Å². The van der Waals surface area contributed by atoms with Crippen molar-refractivity contribution >= 4 is 5.91 Å². The fraction of sp³-hybridized carbons (Fsp3) is 0.900. The van der Waals surface area contributed by atoms with Crippen molar-refractivity contribution in [2.75, 3.05) is 19.7 Å². The van der Waals surface area contributed by atoms with E-state index in [1.165, 1.54) is 0 Å². The van der Waals surface area contributed by atoms with Crippen LogP contribution in [0.4, 0.5) is 0 Å². The highest BCUT2D eigenvalue weighted by Crippen LogP contribution is 2.25.